The molecule has 0 radical (unpaired) electrons. The highest BCUT2D eigenvalue weighted by Gasteiger charge is 2.07. The molecule has 18 heavy (non-hydrogen) atoms. The van der Waals surface area contributed by atoms with E-state index in [1.54, 1.807) is 11.0 Å². The SMILES string of the molecule is CC(C)CNCc1ncnn1Cc1cn(C)nn1. The highest BCUT2D eigenvalue weighted by molar-refractivity contribution is 4.95. The van der Waals surface area contributed by atoms with E-state index < -0.39 is 0 Å². The number of hydrogen-bond acceptors (Lipinski definition) is 5. The van der Waals surface area contributed by atoms with Gasteiger partial charge < -0.3 is 5.32 Å². The molecule has 0 amide bonds. The first kappa shape index (κ1) is 12.7. The molecule has 0 aromatic carbocycles. The average Bonchev–Trinajstić information content (AvgIpc) is 2.89. The van der Waals surface area contributed by atoms with Gasteiger partial charge in [-0.15, -0.1) is 5.10 Å². The van der Waals surface area contributed by atoms with Crippen LogP contribution in [0.3, 0.4) is 0 Å². The zero-order chi connectivity index (χ0) is 13.0. The Hall–Kier alpha value is -1.76. The van der Waals surface area contributed by atoms with Gasteiger partial charge in [-0.1, -0.05) is 19.1 Å². The van der Waals surface area contributed by atoms with E-state index in [0.29, 0.717) is 12.5 Å². The van der Waals surface area contributed by atoms with Gasteiger partial charge in [0, 0.05) is 13.2 Å². The van der Waals surface area contributed by atoms with Crippen molar-refractivity contribution in [3.63, 3.8) is 0 Å². The zero-order valence-corrected chi connectivity index (χ0v) is 11.0. The number of rotatable bonds is 6. The van der Waals surface area contributed by atoms with Crippen LogP contribution >= 0.6 is 0 Å². The van der Waals surface area contributed by atoms with E-state index >= 15 is 0 Å². The summed E-state index contributed by atoms with van der Waals surface area (Å²) >= 11 is 0. The van der Waals surface area contributed by atoms with Crippen molar-refractivity contribution in [1.29, 1.82) is 0 Å². The lowest BCUT2D eigenvalue weighted by Crippen LogP contribution is -2.22. The van der Waals surface area contributed by atoms with Crippen LogP contribution in [-0.2, 0) is 20.1 Å². The van der Waals surface area contributed by atoms with E-state index in [1.165, 1.54) is 0 Å². The van der Waals surface area contributed by atoms with Gasteiger partial charge in [0.1, 0.15) is 17.8 Å². The first-order valence-electron chi connectivity index (χ1n) is 6.07. The van der Waals surface area contributed by atoms with Gasteiger partial charge in [-0.2, -0.15) is 5.10 Å². The van der Waals surface area contributed by atoms with Crippen LogP contribution in [0.15, 0.2) is 12.5 Å². The Balaban J connectivity index is 1.95. The van der Waals surface area contributed by atoms with Crippen molar-refractivity contribution in [2.45, 2.75) is 26.9 Å². The van der Waals surface area contributed by atoms with Gasteiger partial charge in [-0.3, -0.25) is 4.68 Å². The number of hydrogen-bond donors (Lipinski definition) is 1. The van der Waals surface area contributed by atoms with Crippen molar-refractivity contribution >= 4 is 0 Å². The molecular weight excluding hydrogens is 230 g/mol. The number of aromatic nitrogens is 6. The fourth-order valence-corrected chi connectivity index (χ4v) is 1.65. The lowest BCUT2D eigenvalue weighted by atomic mass is 10.2. The molecule has 98 valence electrons. The van der Waals surface area contributed by atoms with E-state index in [-0.39, 0.29) is 0 Å². The van der Waals surface area contributed by atoms with Crippen LogP contribution in [0.2, 0.25) is 0 Å². The summed E-state index contributed by atoms with van der Waals surface area (Å²) in [6, 6.07) is 0. The standard InChI is InChI=1S/C11H19N7/c1-9(2)4-12-5-11-13-8-14-18(11)7-10-6-17(3)16-15-10/h6,8-9,12H,4-5,7H2,1-3H3. The third-order valence-corrected chi connectivity index (χ3v) is 2.49. The van der Waals surface area contributed by atoms with E-state index in [0.717, 1.165) is 24.6 Å². The number of aryl methyl sites for hydroxylation is 1. The van der Waals surface area contributed by atoms with Gasteiger partial charge >= 0.3 is 0 Å². The summed E-state index contributed by atoms with van der Waals surface area (Å²) in [4.78, 5) is 4.25. The molecule has 0 atom stereocenters. The molecule has 2 rings (SSSR count). The van der Waals surface area contributed by atoms with Crippen molar-refractivity contribution in [3.8, 4) is 0 Å². The monoisotopic (exact) mass is 249 g/mol. The molecule has 0 unspecified atom stereocenters. The summed E-state index contributed by atoms with van der Waals surface area (Å²) in [5.74, 6) is 1.54. The van der Waals surface area contributed by atoms with Gasteiger partial charge in [0.15, 0.2) is 0 Å². The third kappa shape index (κ3) is 3.36. The summed E-state index contributed by atoms with van der Waals surface area (Å²) in [7, 11) is 1.85. The van der Waals surface area contributed by atoms with Gasteiger partial charge in [0.2, 0.25) is 0 Å². The lowest BCUT2D eigenvalue weighted by molar-refractivity contribution is 0.522. The highest BCUT2D eigenvalue weighted by atomic mass is 15.4. The van der Waals surface area contributed by atoms with Crippen molar-refractivity contribution < 1.29 is 0 Å². The summed E-state index contributed by atoms with van der Waals surface area (Å²) < 4.78 is 3.53. The van der Waals surface area contributed by atoms with Crippen molar-refractivity contribution in [2.75, 3.05) is 6.54 Å². The smallest absolute Gasteiger partial charge is 0.141 e. The van der Waals surface area contributed by atoms with Crippen LogP contribution < -0.4 is 5.32 Å². The van der Waals surface area contributed by atoms with Crippen molar-refractivity contribution in [3.05, 3.63) is 24.0 Å². The van der Waals surface area contributed by atoms with Gasteiger partial charge in [-0.05, 0) is 12.5 Å². The summed E-state index contributed by atoms with van der Waals surface area (Å²) in [5.41, 5.74) is 0.883. The Morgan fingerprint density at radius 2 is 2.22 bits per heavy atom. The Kier molecular flexibility index (Phi) is 4.03. The Labute approximate surface area is 106 Å². The first-order chi connectivity index (χ1) is 8.65. The molecule has 2 heterocycles. The molecule has 0 fully saturated rings. The molecule has 2 aromatic rings. The summed E-state index contributed by atoms with van der Waals surface area (Å²) in [6.07, 6.45) is 3.45. The second-order valence-corrected chi connectivity index (χ2v) is 4.74. The van der Waals surface area contributed by atoms with Gasteiger partial charge in [0.25, 0.3) is 0 Å². The molecule has 0 aliphatic rings. The molecule has 0 saturated heterocycles. The van der Waals surface area contributed by atoms with Crippen LogP contribution in [0.1, 0.15) is 25.4 Å². The lowest BCUT2D eigenvalue weighted by Gasteiger charge is -2.07. The predicted molar refractivity (Wildman–Crippen MR) is 66.7 cm³/mol. The number of nitrogens with one attached hydrogen (secondary N) is 1. The number of nitrogens with zero attached hydrogens (tertiary/aromatic N) is 6. The van der Waals surface area contributed by atoms with Crippen LogP contribution in [0.5, 0.6) is 0 Å². The molecule has 0 aliphatic heterocycles. The van der Waals surface area contributed by atoms with E-state index in [9.17, 15) is 0 Å². The van der Waals surface area contributed by atoms with Crippen LogP contribution in [0.25, 0.3) is 0 Å². The Bertz CT molecular complexity index is 485. The third-order valence-electron chi connectivity index (χ3n) is 2.49. The fraction of sp³-hybridized carbons (Fsp3) is 0.636. The second-order valence-electron chi connectivity index (χ2n) is 4.74. The van der Waals surface area contributed by atoms with E-state index in [2.05, 4.69) is 39.6 Å². The van der Waals surface area contributed by atoms with Crippen molar-refractivity contribution in [2.24, 2.45) is 13.0 Å². The van der Waals surface area contributed by atoms with Crippen LogP contribution in [0.4, 0.5) is 0 Å². The summed E-state index contributed by atoms with van der Waals surface area (Å²) in [6.45, 7) is 6.65. The zero-order valence-electron chi connectivity index (χ0n) is 11.0. The molecule has 2 aromatic heterocycles. The molecular formula is C11H19N7. The minimum Gasteiger partial charge on any atom is -0.310 e. The maximum atomic E-state index is 4.25. The highest BCUT2D eigenvalue weighted by Crippen LogP contribution is 2.00. The quantitative estimate of drug-likeness (QED) is 0.791. The molecule has 7 heteroatoms. The van der Waals surface area contributed by atoms with Crippen LogP contribution in [-0.4, -0.2) is 36.3 Å². The minimum absolute atomic E-state index is 0.604. The minimum atomic E-state index is 0.604. The first-order valence-corrected chi connectivity index (χ1v) is 6.07. The topological polar surface area (TPSA) is 73.5 Å². The molecule has 0 saturated carbocycles. The van der Waals surface area contributed by atoms with Crippen molar-refractivity contribution in [1.82, 2.24) is 35.1 Å². The largest absolute Gasteiger partial charge is 0.310 e. The maximum absolute atomic E-state index is 4.25. The van der Waals surface area contributed by atoms with E-state index in [4.69, 9.17) is 0 Å². The molecule has 1 N–H and O–H groups in total. The average molecular weight is 249 g/mol. The second kappa shape index (κ2) is 5.72. The van der Waals surface area contributed by atoms with Gasteiger partial charge in [0.05, 0.1) is 13.1 Å². The molecule has 0 aliphatic carbocycles. The molecule has 0 bridgehead atoms. The maximum Gasteiger partial charge on any atom is 0.141 e. The van der Waals surface area contributed by atoms with Crippen LogP contribution in [0, 0.1) is 5.92 Å². The van der Waals surface area contributed by atoms with E-state index in [1.807, 2.05) is 17.9 Å². The predicted octanol–water partition coefficient (Wildman–Crippen LogP) is 0.200. The fourth-order valence-electron chi connectivity index (χ4n) is 1.65. The Morgan fingerprint density at radius 1 is 1.39 bits per heavy atom. The molecule has 0 spiro atoms. The normalized spacial score (nSPS) is 11.3. The Morgan fingerprint density at radius 3 is 2.89 bits per heavy atom. The molecule has 7 nitrogen and oxygen atoms in total. The summed E-state index contributed by atoms with van der Waals surface area (Å²) in [5, 5.41) is 15.5. The van der Waals surface area contributed by atoms with Gasteiger partial charge in [-0.25, -0.2) is 9.67 Å².